The van der Waals surface area contributed by atoms with Gasteiger partial charge in [-0.15, -0.1) is 0 Å². The summed E-state index contributed by atoms with van der Waals surface area (Å²) in [6.45, 7) is 6.78. The second-order valence-electron chi connectivity index (χ2n) is 7.18. The zero-order chi connectivity index (χ0) is 18.6. The van der Waals surface area contributed by atoms with Crippen LogP contribution < -0.4 is 10.6 Å². The molecule has 1 aliphatic heterocycles. The van der Waals surface area contributed by atoms with E-state index in [0.29, 0.717) is 29.4 Å². The number of halogens is 1. The second-order valence-corrected chi connectivity index (χ2v) is 7.59. The van der Waals surface area contributed by atoms with Crippen LogP contribution in [0.5, 0.6) is 0 Å². The zero-order valence-corrected chi connectivity index (χ0v) is 15.9. The molecule has 1 aliphatic rings. The molecule has 1 heterocycles. The van der Waals surface area contributed by atoms with Crippen LogP contribution in [-0.4, -0.2) is 48.7 Å². The Hall–Kier alpha value is -1.95. The molecule has 1 aromatic carbocycles. The number of nitrogens with one attached hydrogen (secondary N) is 2. The van der Waals surface area contributed by atoms with Crippen LogP contribution in [0.1, 0.15) is 44.0 Å². The quantitative estimate of drug-likeness (QED) is 0.857. The van der Waals surface area contributed by atoms with E-state index in [9.17, 15) is 9.59 Å². The van der Waals surface area contributed by atoms with Crippen LogP contribution >= 0.6 is 11.6 Å². The predicted octanol–water partition coefficient (Wildman–Crippen LogP) is 3.51. The molecule has 0 spiro atoms. The highest BCUT2D eigenvalue weighted by atomic mass is 35.5. The lowest BCUT2D eigenvalue weighted by Gasteiger charge is -2.35. The molecule has 6 nitrogen and oxygen atoms in total. The van der Waals surface area contributed by atoms with Gasteiger partial charge in [-0.05, 0) is 51.8 Å². The van der Waals surface area contributed by atoms with E-state index in [1.807, 2.05) is 20.8 Å². The van der Waals surface area contributed by atoms with E-state index in [4.69, 9.17) is 16.3 Å². The largest absolute Gasteiger partial charge is 0.444 e. The summed E-state index contributed by atoms with van der Waals surface area (Å²) in [5.74, 6) is -0.168. The van der Waals surface area contributed by atoms with Gasteiger partial charge < -0.3 is 20.3 Å². The molecule has 2 rings (SSSR count). The molecule has 138 valence electrons. The van der Waals surface area contributed by atoms with Crippen molar-refractivity contribution in [2.75, 3.05) is 25.5 Å². The number of hydrogen-bond donors (Lipinski definition) is 2. The molecule has 7 heteroatoms. The van der Waals surface area contributed by atoms with Crippen LogP contribution in [0.4, 0.5) is 10.5 Å². The lowest BCUT2D eigenvalue weighted by atomic mass is 10.1. The molecule has 0 bridgehead atoms. The Morgan fingerprint density at radius 1 is 1.32 bits per heavy atom. The third-order valence-electron chi connectivity index (χ3n) is 3.89. The van der Waals surface area contributed by atoms with Crippen molar-refractivity contribution in [1.29, 1.82) is 0 Å². The van der Waals surface area contributed by atoms with Crippen LogP contribution in [-0.2, 0) is 4.74 Å². The van der Waals surface area contributed by atoms with Crippen LogP contribution in [0.3, 0.4) is 0 Å². The number of rotatable bonds is 3. The fourth-order valence-corrected chi connectivity index (χ4v) is 2.90. The van der Waals surface area contributed by atoms with Gasteiger partial charge in [0.25, 0.3) is 5.91 Å². The van der Waals surface area contributed by atoms with Crippen LogP contribution in [0.25, 0.3) is 0 Å². The minimum Gasteiger partial charge on any atom is -0.444 e. The highest BCUT2D eigenvalue weighted by molar-refractivity contribution is 6.33. The number of piperidine rings is 1. The van der Waals surface area contributed by atoms with E-state index >= 15 is 0 Å². The normalized spacial score (nSPS) is 17.8. The van der Waals surface area contributed by atoms with Crippen LogP contribution in [0, 0.1) is 0 Å². The molecule has 0 aliphatic carbocycles. The number of hydrogen-bond acceptors (Lipinski definition) is 4. The Morgan fingerprint density at radius 2 is 2.04 bits per heavy atom. The maximum absolute atomic E-state index is 12.3. The average molecular weight is 368 g/mol. The van der Waals surface area contributed by atoms with Crippen molar-refractivity contribution in [3.63, 3.8) is 0 Å². The van der Waals surface area contributed by atoms with E-state index in [1.165, 1.54) is 0 Å². The van der Waals surface area contributed by atoms with Crippen molar-refractivity contribution in [3.8, 4) is 0 Å². The summed E-state index contributed by atoms with van der Waals surface area (Å²) in [6.07, 6.45) is 1.49. The van der Waals surface area contributed by atoms with E-state index in [1.54, 1.807) is 30.1 Å². The molecule has 1 aromatic rings. The number of amides is 2. The van der Waals surface area contributed by atoms with Crippen molar-refractivity contribution in [2.24, 2.45) is 0 Å². The Bertz CT molecular complexity index is 643. The molecule has 1 fully saturated rings. The second kappa shape index (κ2) is 7.95. The summed E-state index contributed by atoms with van der Waals surface area (Å²) in [4.78, 5) is 25.8. The molecule has 1 unspecified atom stereocenters. The first-order chi connectivity index (χ1) is 11.7. The fourth-order valence-electron chi connectivity index (χ4n) is 2.73. The van der Waals surface area contributed by atoms with Crippen molar-refractivity contribution in [2.45, 2.75) is 45.3 Å². The number of nitrogens with zero attached hydrogens (tertiary/aromatic N) is 1. The van der Waals surface area contributed by atoms with Gasteiger partial charge in [0.1, 0.15) is 5.60 Å². The molecule has 2 N–H and O–H groups in total. The topological polar surface area (TPSA) is 70.7 Å². The third kappa shape index (κ3) is 5.53. The van der Waals surface area contributed by atoms with Gasteiger partial charge in [-0.25, -0.2) is 4.79 Å². The third-order valence-corrected chi connectivity index (χ3v) is 4.22. The Morgan fingerprint density at radius 3 is 2.68 bits per heavy atom. The highest BCUT2D eigenvalue weighted by Crippen LogP contribution is 2.26. The summed E-state index contributed by atoms with van der Waals surface area (Å²) in [5.41, 5.74) is 0.718. The van der Waals surface area contributed by atoms with Gasteiger partial charge >= 0.3 is 6.09 Å². The smallest absolute Gasteiger partial charge is 0.410 e. The average Bonchev–Trinajstić information content (AvgIpc) is 2.55. The predicted molar refractivity (Wildman–Crippen MR) is 99.3 cm³/mol. The minimum absolute atomic E-state index is 0.0544. The number of benzene rings is 1. The molecule has 2 amide bonds. The molecule has 25 heavy (non-hydrogen) atoms. The Kier molecular flexibility index (Phi) is 6.16. The van der Waals surface area contributed by atoms with Gasteiger partial charge in [0.2, 0.25) is 0 Å². The van der Waals surface area contributed by atoms with Crippen LogP contribution in [0.2, 0.25) is 5.02 Å². The summed E-state index contributed by atoms with van der Waals surface area (Å²) in [7, 11) is 1.59. The van der Waals surface area contributed by atoms with E-state index < -0.39 is 5.60 Å². The highest BCUT2D eigenvalue weighted by Gasteiger charge is 2.28. The van der Waals surface area contributed by atoms with Gasteiger partial charge in [0, 0.05) is 31.7 Å². The number of carbonyl (C=O) groups excluding carboxylic acids is 2. The standard InChI is InChI=1S/C18H26ClN3O3/c1-18(2,3)25-17(24)22-9-5-6-13(11-22)21-15-10-12(16(23)20-4)7-8-14(15)19/h7-8,10,13,21H,5-6,9,11H2,1-4H3,(H,20,23). The van der Waals surface area contributed by atoms with Crippen molar-refractivity contribution < 1.29 is 14.3 Å². The van der Waals surface area contributed by atoms with Gasteiger partial charge in [-0.3, -0.25) is 4.79 Å². The molecule has 0 radical (unpaired) electrons. The van der Waals surface area contributed by atoms with Crippen molar-refractivity contribution in [3.05, 3.63) is 28.8 Å². The minimum atomic E-state index is -0.511. The summed E-state index contributed by atoms with van der Waals surface area (Å²) in [5, 5.41) is 6.49. The Balaban J connectivity index is 2.05. The van der Waals surface area contributed by atoms with E-state index in [-0.39, 0.29) is 18.0 Å². The number of carbonyl (C=O) groups is 2. The first kappa shape index (κ1) is 19.4. The number of anilines is 1. The van der Waals surface area contributed by atoms with Crippen molar-refractivity contribution >= 4 is 29.3 Å². The first-order valence-corrected chi connectivity index (χ1v) is 8.83. The summed E-state index contributed by atoms with van der Waals surface area (Å²) in [6, 6.07) is 5.16. The zero-order valence-electron chi connectivity index (χ0n) is 15.2. The molecular weight excluding hydrogens is 342 g/mol. The maximum atomic E-state index is 12.3. The SMILES string of the molecule is CNC(=O)c1ccc(Cl)c(NC2CCCN(C(=O)OC(C)(C)C)C2)c1. The lowest BCUT2D eigenvalue weighted by Crippen LogP contribution is -2.47. The van der Waals surface area contributed by atoms with Gasteiger partial charge in [0.05, 0.1) is 10.7 Å². The van der Waals surface area contributed by atoms with Gasteiger partial charge in [0.15, 0.2) is 0 Å². The van der Waals surface area contributed by atoms with E-state index in [2.05, 4.69) is 10.6 Å². The molecular formula is C18H26ClN3O3. The Labute approximate surface area is 153 Å². The number of ether oxygens (including phenoxy) is 1. The molecule has 0 aromatic heterocycles. The lowest BCUT2D eigenvalue weighted by molar-refractivity contribution is 0.0206. The monoisotopic (exact) mass is 367 g/mol. The van der Waals surface area contributed by atoms with Crippen molar-refractivity contribution in [1.82, 2.24) is 10.2 Å². The maximum Gasteiger partial charge on any atom is 0.410 e. The number of likely N-dealkylation sites (tertiary alicyclic amines) is 1. The summed E-state index contributed by atoms with van der Waals surface area (Å²) < 4.78 is 5.44. The molecule has 1 saturated heterocycles. The first-order valence-electron chi connectivity index (χ1n) is 8.45. The fraction of sp³-hybridized carbons (Fsp3) is 0.556. The van der Waals surface area contributed by atoms with Gasteiger partial charge in [-0.1, -0.05) is 11.6 Å². The summed E-state index contributed by atoms with van der Waals surface area (Å²) >= 11 is 6.25. The molecule has 1 atom stereocenters. The van der Waals surface area contributed by atoms with Crippen LogP contribution in [0.15, 0.2) is 18.2 Å². The van der Waals surface area contributed by atoms with Gasteiger partial charge in [-0.2, -0.15) is 0 Å². The van der Waals surface area contributed by atoms with E-state index in [0.717, 1.165) is 12.8 Å². The molecule has 0 saturated carbocycles.